The van der Waals surface area contributed by atoms with Crippen LogP contribution >= 0.6 is 0 Å². The van der Waals surface area contributed by atoms with Gasteiger partial charge in [-0.05, 0) is 78.4 Å². The van der Waals surface area contributed by atoms with E-state index in [1.807, 2.05) is 0 Å². The Labute approximate surface area is 127 Å². The van der Waals surface area contributed by atoms with Gasteiger partial charge in [0, 0.05) is 0 Å². The SMILES string of the molecule is CC12CCC(CC1)C2(C)C.CC1CCC2CC1C2(C)C. The van der Waals surface area contributed by atoms with Crippen molar-refractivity contribution in [3.05, 3.63) is 0 Å². The minimum absolute atomic E-state index is 0.660. The first-order chi connectivity index (χ1) is 9.18. The Hall–Kier alpha value is 0. The van der Waals surface area contributed by atoms with Crippen molar-refractivity contribution in [2.75, 3.05) is 0 Å². The molecule has 0 amide bonds. The molecule has 5 rings (SSSR count). The predicted octanol–water partition coefficient (Wildman–Crippen LogP) is 6.30. The monoisotopic (exact) mass is 276 g/mol. The third kappa shape index (κ3) is 1.92. The van der Waals surface area contributed by atoms with Crippen LogP contribution in [0.4, 0.5) is 0 Å². The lowest BCUT2D eigenvalue weighted by atomic mass is 9.46. The fraction of sp³-hybridized carbons (Fsp3) is 1.00. The van der Waals surface area contributed by atoms with Crippen molar-refractivity contribution in [3.63, 3.8) is 0 Å². The van der Waals surface area contributed by atoms with E-state index in [1.165, 1.54) is 44.9 Å². The molecule has 5 aliphatic carbocycles. The van der Waals surface area contributed by atoms with E-state index in [-0.39, 0.29) is 0 Å². The van der Waals surface area contributed by atoms with E-state index in [9.17, 15) is 0 Å². The first kappa shape index (κ1) is 14.9. The summed E-state index contributed by atoms with van der Waals surface area (Å²) < 4.78 is 0. The Balaban J connectivity index is 0.000000121. The standard InChI is InChI=1S/2C10H18/c1-9(2)8-4-6-10(9,3)7-5-8;1-7-4-5-8-6-9(7)10(8,2)3/h8H,4-7H2,1-3H3;7-9H,4-6H2,1-3H3. The fourth-order valence-corrected chi connectivity index (χ4v) is 6.29. The van der Waals surface area contributed by atoms with Gasteiger partial charge in [-0.2, -0.15) is 0 Å². The summed E-state index contributed by atoms with van der Waals surface area (Å²) in [5, 5.41) is 0. The number of rotatable bonds is 0. The molecule has 20 heavy (non-hydrogen) atoms. The minimum atomic E-state index is 0.660. The van der Waals surface area contributed by atoms with Crippen LogP contribution in [-0.4, -0.2) is 0 Å². The molecule has 0 radical (unpaired) electrons. The van der Waals surface area contributed by atoms with Gasteiger partial charge in [0.2, 0.25) is 0 Å². The molecule has 0 spiro atoms. The summed E-state index contributed by atoms with van der Waals surface area (Å²) in [6, 6.07) is 0. The van der Waals surface area contributed by atoms with Crippen LogP contribution in [0.15, 0.2) is 0 Å². The zero-order chi connectivity index (χ0) is 14.8. The Bertz CT molecular complexity index is 363. The Morgan fingerprint density at radius 3 is 1.55 bits per heavy atom. The Kier molecular flexibility index (Phi) is 3.35. The molecular weight excluding hydrogens is 240 g/mol. The van der Waals surface area contributed by atoms with Crippen molar-refractivity contribution in [1.82, 2.24) is 0 Å². The molecule has 0 nitrogen and oxygen atoms in total. The van der Waals surface area contributed by atoms with Gasteiger partial charge in [-0.25, -0.2) is 0 Å². The fourth-order valence-electron chi connectivity index (χ4n) is 6.29. The van der Waals surface area contributed by atoms with Gasteiger partial charge in [0.1, 0.15) is 0 Å². The quantitative estimate of drug-likeness (QED) is 0.487. The molecule has 0 saturated heterocycles. The predicted molar refractivity (Wildman–Crippen MR) is 87.6 cm³/mol. The van der Waals surface area contributed by atoms with Crippen molar-refractivity contribution < 1.29 is 0 Å². The van der Waals surface area contributed by atoms with Crippen LogP contribution in [0.25, 0.3) is 0 Å². The maximum absolute atomic E-state index is 2.49. The van der Waals surface area contributed by atoms with Gasteiger partial charge in [-0.3, -0.25) is 0 Å². The summed E-state index contributed by atoms with van der Waals surface area (Å²) in [6.07, 6.45) is 10.5. The van der Waals surface area contributed by atoms with Gasteiger partial charge in [-0.15, -0.1) is 0 Å². The minimum Gasteiger partial charge on any atom is -0.0622 e. The second-order valence-corrected chi connectivity index (χ2v) is 9.97. The summed E-state index contributed by atoms with van der Waals surface area (Å²) in [6.45, 7) is 14.8. The van der Waals surface area contributed by atoms with Gasteiger partial charge in [0.25, 0.3) is 0 Å². The molecule has 0 N–H and O–H groups in total. The molecule has 0 heterocycles. The van der Waals surface area contributed by atoms with Gasteiger partial charge < -0.3 is 0 Å². The average Bonchev–Trinajstić information content (AvgIpc) is 2.73. The van der Waals surface area contributed by atoms with Gasteiger partial charge in [0.15, 0.2) is 0 Å². The molecule has 0 heteroatoms. The van der Waals surface area contributed by atoms with Crippen molar-refractivity contribution in [3.8, 4) is 0 Å². The van der Waals surface area contributed by atoms with Crippen LogP contribution in [0, 0.1) is 39.9 Å². The van der Waals surface area contributed by atoms with Crippen LogP contribution in [0.5, 0.6) is 0 Å². The van der Waals surface area contributed by atoms with Crippen LogP contribution in [-0.2, 0) is 0 Å². The first-order valence-corrected chi connectivity index (χ1v) is 9.18. The lowest BCUT2D eigenvalue weighted by molar-refractivity contribution is -0.0988. The summed E-state index contributed by atoms with van der Waals surface area (Å²) >= 11 is 0. The molecule has 0 aromatic carbocycles. The molecule has 116 valence electrons. The molecule has 3 unspecified atom stereocenters. The zero-order valence-corrected chi connectivity index (χ0v) is 14.8. The van der Waals surface area contributed by atoms with Crippen molar-refractivity contribution >= 4 is 0 Å². The highest BCUT2D eigenvalue weighted by atomic mass is 14.6. The van der Waals surface area contributed by atoms with Gasteiger partial charge >= 0.3 is 0 Å². The van der Waals surface area contributed by atoms with Crippen LogP contribution in [0.1, 0.15) is 86.5 Å². The second kappa shape index (κ2) is 4.50. The van der Waals surface area contributed by atoms with E-state index in [4.69, 9.17) is 0 Å². The molecule has 5 fully saturated rings. The first-order valence-electron chi connectivity index (χ1n) is 9.18. The van der Waals surface area contributed by atoms with Crippen molar-refractivity contribution in [2.24, 2.45) is 39.9 Å². The van der Waals surface area contributed by atoms with E-state index < -0.39 is 0 Å². The van der Waals surface area contributed by atoms with Gasteiger partial charge in [0.05, 0.1) is 0 Å². The van der Waals surface area contributed by atoms with Gasteiger partial charge in [-0.1, -0.05) is 48.0 Å². The highest BCUT2D eigenvalue weighted by Crippen LogP contribution is 2.65. The maximum atomic E-state index is 2.49. The third-order valence-electron chi connectivity index (χ3n) is 8.87. The molecular formula is C20H36. The number of fused-ring (bicyclic) bond motifs is 4. The van der Waals surface area contributed by atoms with E-state index >= 15 is 0 Å². The summed E-state index contributed by atoms with van der Waals surface area (Å²) in [5.41, 5.74) is 2.07. The van der Waals surface area contributed by atoms with E-state index in [2.05, 4.69) is 41.5 Å². The molecule has 0 aromatic rings. The van der Waals surface area contributed by atoms with Crippen LogP contribution < -0.4 is 0 Å². The van der Waals surface area contributed by atoms with E-state index in [0.717, 1.165) is 23.7 Å². The van der Waals surface area contributed by atoms with Crippen molar-refractivity contribution in [2.45, 2.75) is 86.5 Å². The van der Waals surface area contributed by atoms with E-state index in [1.54, 1.807) is 0 Å². The molecule has 3 atom stereocenters. The zero-order valence-electron chi connectivity index (χ0n) is 14.8. The molecule has 4 bridgehead atoms. The molecule has 5 aliphatic rings. The lowest BCUT2D eigenvalue weighted by Crippen LogP contribution is -2.51. The van der Waals surface area contributed by atoms with Crippen molar-refractivity contribution in [1.29, 1.82) is 0 Å². The van der Waals surface area contributed by atoms with E-state index in [0.29, 0.717) is 16.2 Å². The summed E-state index contributed by atoms with van der Waals surface area (Å²) in [7, 11) is 0. The van der Waals surface area contributed by atoms with Crippen LogP contribution in [0.3, 0.4) is 0 Å². The second-order valence-electron chi connectivity index (χ2n) is 9.97. The lowest BCUT2D eigenvalue weighted by Gasteiger charge is -2.59. The summed E-state index contributed by atoms with van der Waals surface area (Å²) in [5.74, 6) is 4.21. The normalized spacial score (nSPS) is 50.1. The highest BCUT2D eigenvalue weighted by Gasteiger charge is 2.55. The number of hydrogen-bond donors (Lipinski definition) is 0. The molecule has 0 aromatic heterocycles. The number of hydrogen-bond acceptors (Lipinski definition) is 0. The molecule has 0 aliphatic heterocycles. The summed E-state index contributed by atoms with van der Waals surface area (Å²) in [4.78, 5) is 0. The highest BCUT2D eigenvalue weighted by molar-refractivity contribution is 5.05. The third-order valence-corrected chi connectivity index (χ3v) is 8.87. The Morgan fingerprint density at radius 2 is 1.35 bits per heavy atom. The average molecular weight is 277 g/mol. The molecule has 5 saturated carbocycles. The smallest absolute Gasteiger partial charge is 0.0272 e. The largest absolute Gasteiger partial charge is 0.0622 e. The van der Waals surface area contributed by atoms with Crippen LogP contribution in [0.2, 0.25) is 0 Å². The topological polar surface area (TPSA) is 0 Å². The maximum Gasteiger partial charge on any atom is -0.0272 e. The Morgan fingerprint density at radius 1 is 0.750 bits per heavy atom.